The summed E-state index contributed by atoms with van der Waals surface area (Å²) in [5.41, 5.74) is 10.5. The molecule has 1 amide bonds. The number of nitrogens with zero attached hydrogens (tertiary/aromatic N) is 5. The maximum atomic E-state index is 12.0. The summed E-state index contributed by atoms with van der Waals surface area (Å²) in [6.07, 6.45) is 5.72. The van der Waals surface area contributed by atoms with Gasteiger partial charge in [0.25, 0.3) is 0 Å². The zero-order valence-corrected chi connectivity index (χ0v) is 22.9. The molecule has 0 unspecified atom stereocenters. The molecular formula is C31H36N6O3. The molecule has 1 aliphatic heterocycles. The van der Waals surface area contributed by atoms with Gasteiger partial charge in [-0.15, -0.1) is 0 Å². The number of amides is 1. The summed E-state index contributed by atoms with van der Waals surface area (Å²) in [6.45, 7) is 7.07. The molecule has 2 fully saturated rings. The summed E-state index contributed by atoms with van der Waals surface area (Å²) >= 11 is 0. The van der Waals surface area contributed by atoms with E-state index in [-0.39, 0.29) is 6.09 Å². The van der Waals surface area contributed by atoms with Crippen LogP contribution in [0.5, 0.6) is 5.75 Å². The lowest BCUT2D eigenvalue weighted by molar-refractivity contribution is 0.0627. The van der Waals surface area contributed by atoms with E-state index in [2.05, 4.69) is 49.9 Å². The lowest BCUT2D eigenvalue weighted by Crippen LogP contribution is -2.50. The molecule has 208 valence electrons. The van der Waals surface area contributed by atoms with Gasteiger partial charge in [-0.1, -0.05) is 42.5 Å². The van der Waals surface area contributed by atoms with Crippen LogP contribution in [0.25, 0.3) is 22.2 Å². The maximum Gasteiger partial charge on any atom is 0.409 e. The van der Waals surface area contributed by atoms with Gasteiger partial charge in [-0.2, -0.15) is 0 Å². The molecule has 9 nitrogen and oxygen atoms in total. The van der Waals surface area contributed by atoms with Gasteiger partial charge in [0.2, 0.25) is 0 Å². The van der Waals surface area contributed by atoms with E-state index in [1.165, 1.54) is 0 Å². The average molecular weight is 541 g/mol. The first-order valence-corrected chi connectivity index (χ1v) is 14.1. The summed E-state index contributed by atoms with van der Waals surface area (Å²) in [5.74, 6) is 1.92. The molecule has 9 heteroatoms. The van der Waals surface area contributed by atoms with Gasteiger partial charge in [-0.25, -0.2) is 14.8 Å². The molecule has 2 aliphatic rings. The fourth-order valence-electron chi connectivity index (χ4n) is 5.87. The van der Waals surface area contributed by atoms with Gasteiger partial charge < -0.3 is 24.7 Å². The first-order valence-electron chi connectivity index (χ1n) is 14.1. The maximum absolute atomic E-state index is 12.0. The SMILES string of the molecule is CCOC(=O)N1CCN(C[C@H]2C[C@H](n3cc(-c4cccc(OCc5ccccc5)c4)c4c(N)ncnc43)C2)CC1. The number of aromatic nitrogens is 3. The second-order valence-electron chi connectivity index (χ2n) is 10.7. The van der Waals surface area contributed by atoms with E-state index in [0.717, 1.165) is 79.0 Å². The molecule has 2 N–H and O–H groups in total. The van der Waals surface area contributed by atoms with Crippen LogP contribution in [0.4, 0.5) is 10.6 Å². The van der Waals surface area contributed by atoms with Crippen LogP contribution >= 0.6 is 0 Å². The van der Waals surface area contributed by atoms with Crippen LogP contribution < -0.4 is 10.5 Å². The van der Waals surface area contributed by atoms with Crippen molar-refractivity contribution in [3.8, 4) is 16.9 Å². The lowest BCUT2D eigenvalue weighted by atomic mass is 9.79. The summed E-state index contributed by atoms with van der Waals surface area (Å²) in [4.78, 5) is 25.2. The van der Waals surface area contributed by atoms with Crippen molar-refractivity contribution < 1.29 is 14.3 Å². The number of benzene rings is 2. The molecular weight excluding hydrogens is 504 g/mol. The van der Waals surface area contributed by atoms with Crippen LogP contribution in [0.1, 0.15) is 31.4 Å². The number of carbonyl (C=O) groups is 1. The Morgan fingerprint density at radius 1 is 1.02 bits per heavy atom. The van der Waals surface area contributed by atoms with Crippen molar-refractivity contribution in [2.45, 2.75) is 32.4 Å². The van der Waals surface area contributed by atoms with E-state index in [4.69, 9.17) is 15.2 Å². The van der Waals surface area contributed by atoms with Crippen molar-refractivity contribution in [3.63, 3.8) is 0 Å². The highest BCUT2D eigenvalue weighted by Crippen LogP contribution is 2.43. The Hall–Kier alpha value is -4.11. The molecule has 6 rings (SSSR count). The normalized spacial score (nSPS) is 19.4. The number of piperazine rings is 1. The Balaban J connectivity index is 1.13. The van der Waals surface area contributed by atoms with Crippen LogP contribution in [-0.4, -0.2) is 69.8 Å². The highest BCUT2D eigenvalue weighted by molar-refractivity contribution is 6.00. The number of rotatable bonds is 8. The molecule has 0 atom stereocenters. The van der Waals surface area contributed by atoms with Crippen molar-refractivity contribution >= 4 is 22.9 Å². The van der Waals surface area contributed by atoms with Crippen LogP contribution in [-0.2, 0) is 11.3 Å². The van der Waals surface area contributed by atoms with E-state index in [9.17, 15) is 4.79 Å². The van der Waals surface area contributed by atoms with Crippen LogP contribution in [0.2, 0.25) is 0 Å². The Kier molecular flexibility index (Phi) is 7.55. The third kappa shape index (κ3) is 5.47. The number of nitrogens with two attached hydrogens (primary N) is 1. The molecule has 2 aromatic heterocycles. The Morgan fingerprint density at radius 3 is 2.60 bits per heavy atom. The van der Waals surface area contributed by atoms with Crippen LogP contribution in [0, 0.1) is 5.92 Å². The number of nitrogen functional groups attached to an aromatic ring is 1. The second-order valence-corrected chi connectivity index (χ2v) is 10.7. The molecule has 4 aromatic rings. The highest BCUT2D eigenvalue weighted by Gasteiger charge is 2.34. The predicted molar refractivity (Wildman–Crippen MR) is 155 cm³/mol. The Bertz CT molecular complexity index is 1460. The summed E-state index contributed by atoms with van der Waals surface area (Å²) in [7, 11) is 0. The molecule has 1 saturated heterocycles. The van der Waals surface area contributed by atoms with Crippen LogP contribution in [0.15, 0.2) is 67.1 Å². The van der Waals surface area contributed by atoms with Crippen molar-refractivity contribution in [1.82, 2.24) is 24.3 Å². The van der Waals surface area contributed by atoms with Gasteiger partial charge in [-0.05, 0) is 48.9 Å². The summed E-state index contributed by atoms with van der Waals surface area (Å²) in [5, 5.41) is 0.890. The second kappa shape index (κ2) is 11.6. The van der Waals surface area contributed by atoms with E-state index in [1.807, 2.05) is 42.2 Å². The number of anilines is 1. The Labute approximate surface area is 234 Å². The van der Waals surface area contributed by atoms with Crippen molar-refractivity contribution in [3.05, 3.63) is 72.7 Å². The topological polar surface area (TPSA) is 98.7 Å². The minimum absolute atomic E-state index is 0.198. The minimum atomic E-state index is -0.198. The molecule has 0 spiro atoms. The minimum Gasteiger partial charge on any atom is -0.489 e. The van der Waals surface area contributed by atoms with Gasteiger partial charge in [0.15, 0.2) is 0 Å². The number of hydrogen-bond donors (Lipinski definition) is 1. The fourth-order valence-corrected chi connectivity index (χ4v) is 5.87. The first-order chi connectivity index (χ1) is 19.6. The van der Waals surface area contributed by atoms with Crippen molar-refractivity contribution in [2.75, 3.05) is 45.1 Å². The van der Waals surface area contributed by atoms with E-state index >= 15 is 0 Å². The van der Waals surface area contributed by atoms with Gasteiger partial charge in [0, 0.05) is 50.5 Å². The third-order valence-corrected chi connectivity index (χ3v) is 8.05. The molecule has 0 radical (unpaired) electrons. The molecule has 3 heterocycles. The van der Waals surface area contributed by atoms with Crippen molar-refractivity contribution in [1.29, 1.82) is 0 Å². The number of ether oxygens (including phenoxy) is 2. The summed E-state index contributed by atoms with van der Waals surface area (Å²) < 4.78 is 13.5. The van der Waals surface area contributed by atoms with Gasteiger partial charge in [-0.3, -0.25) is 4.90 Å². The molecule has 1 saturated carbocycles. The van der Waals surface area contributed by atoms with E-state index < -0.39 is 0 Å². The largest absolute Gasteiger partial charge is 0.489 e. The Morgan fingerprint density at radius 2 is 1.82 bits per heavy atom. The zero-order chi connectivity index (χ0) is 27.5. The highest BCUT2D eigenvalue weighted by atomic mass is 16.6. The zero-order valence-electron chi connectivity index (χ0n) is 22.9. The smallest absolute Gasteiger partial charge is 0.409 e. The molecule has 2 aromatic carbocycles. The van der Waals surface area contributed by atoms with E-state index in [1.54, 1.807) is 6.33 Å². The fraction of sp³-hybridized carbons (Fsp3) is 0.387. The monoisotopic (exact) mass is 540 g/mol. The van der Waals surface area contributed by atoms with Crippen LogP contribution in [0.3, 0.4) is 0 Å². The third-order valence-electron chi connectivity index (χ3n) is 8.05. The summed E-state index contributed by atoms with van der Waals surface area (Å²) in [6, 6.07) is 18.7. The lowest BCUT2D eigenvalue weighted by Gasteiger charge is -2.41. The standard InChI is InChI=1S/C31H36N6O3/c1-2-39-31(38)36-13-11-35(12-14-36)18-23-15-25(16-23)37-19-27(28-29(32)33-21-34-30(28)37)24-9-6-10-26(17-24)40-20-22-7-4-3-5-8-22/h3-10,17,19,21,23,25H,2,11-16,18,20H2,1H3,(H2,32,33,34)/t23-,25-. The number of carbonyl (C=O) groups excluding carboxylic acids is 1. The van der Waals surface area contributed by atoms with Gasteiger partial charge in [0.1, 0.15) is 30.1 Å². The van der Waals surface area contributed by atoms with Gasteiger partial charge >= 0.3 is 6.09 Å². The molecule has 0 bridgehead atoms. The quantitative estimate of drug-likeness (QED) is 0.336. The average Bonchev–Trinajstić information content (AvgIpc) is 3.35. The predicted octanol–water partition coefficient (Wildman–Crippen LogP) is 4.98. The van der Waals surface area contributed by atoms with Gasteiger partial charge in [0.05, 0.1) is 12.0 Å². The molecule has 1 aliphatic carbocycles. The van der Waals surface area contributed by atoms with E-state index in [0.29, 0.717) is 31.0 Å². The molecule has 40 heavy (non-hydrogen) atoms. The van der Waals surface area contributed by atoms with Crippen molar-refractivity contribution in [2.24, 2.45) is 5.92 Å². The first kappa shape index (κ1) is 26.1. The number of hydrogen-bond acceptors (Lipinski definition) is 7. The number of fused-ring (bicyclic) bond motifs is 1.